The number of nitrogens with zero attached hydrogens (tertiary/aromatic N) is 4. The van der Waals surface area contributed by atoms with Gasteiger partial charge in [-0.15, -0.1) is 0 Å². The van der Waals surface area contributed by atoms with Gasteiger partial charge in [-0.2, -0.15) is 5.10 Å². The van der Waals surface area contributed by atoms with Gasteiger partial charge in [-0.1, -0.05) is 0 Å². The van der Waals surface area contributed by atoms with Crippen LogP contribution in [0.3, 0.4) is 0 Å². The average molecular weight is 274 g/mol. The van der Waals surface area contributed by atoms with Gasteiger partial charge in [0.25, 0.3) is 0 Å². The highest BCUT2D eigenvalue weighted by Gasteiger charge is 2.16. The normalized spacial score (nSPS) is 11.2. The van der Waals surface area contributed by atoms with Crippen molar-refractivity contribution in [2.45, 2.75) is 26.4 Å². The number of carbonyl (C=O) groups excluding carboxylic acids is 1. The van der Waals surface area contributed by atoms with Crippen LogP contribution in [0.25, 0.3) is 11.4 Å². The summed E-state index contributed by atoms with van der Waals surface area (Å²) in [7, 11) is 1.77. The maximum Gasteiger partial charge on any atom is 0.412 e. The van der Waals surface area contributed by atoms with Crippen molar-refractivity contribution in [3.63, 3.8) is 0 Å². The van der Waals surface area contributed by atoms with Crippen LogP contribution in [0.5, 0.6) is 0 Å². The molecule has 20 heavy (non-hydrogen) atoms. The summed E-state index contributed by atoms with van der Waals surface area (Å²) in [6, 6.07) is 0. The number of amides is 1. The summed E-state index contributed by atoms with van der Waals surface area (Å²) in [5.74, 6) is 0.493. The van der Waals surface area contributed by atoms with E-state index in [0.717, 1.165) is 0 Å². The predicted octanol–water partition coefficient (Wildman–Crippen LogP) is 2.02. The third-order valence-corrected chi connectivity index (χ3v) is 2.18. The van der Waals surface area contributed by atoms with Crippen molar-refractivity contribution in [3.05, 3.63) is 24.8 Å². The van der Waals surface area contributed by atoms with E-state index < -0.39 is 11.7 Å². The summed E-state index contributed by atoms with van der Waals surface area (Å²) in [5.41, 5.74) is 0.610. The molecule has 0 aliphatic heterocycles. The number of carbonyl (C=O) groups is 1. The first-order valence-corrected chi connectivity index (χ1v) is 6.07. The predicted molar refractivity (Wildman–Crippen MR) is 72.9 cm³/mol. The van der Waals surface area contributed by atoms with E-state index in [0.29, 0.717) is 17.1 Å². The molecule has 1 amide bonds. The number of hydrogen-bond donors (Lipinski definition) is 1. The second-order valence-corrected chi connectivity index (χ2v) is 5.22. The molecular formula is C13H16N5O2. The maximum atomic E-state index is 11.6. The Kier molecular flexibility index (Phi) is 3.69. The molecule has 0 unspecified atom stereocenters. The van der Waals surface area contributed by atoms with Crippen molar-refractivity contribution in [1.29, 1.82) is 0 Å². The van der Waals surface area contributed by atoms with Gasteiger partial charge in [0.1, 0.15) is 5.60 Å². The van der Waals surface area contributed by atoms with Crippen LogP contribution < -0.4 is 5.32 Å². The van der Waals surface area contributed by atoms with E-state index in [4.69, 9.17) is 4.74 Å². The molecule has 105 valence electrons. The van der Waals surface area contributed by atoms with Gasteiger partial charge in [-0.25, -0.2) is 14.8 Å². The summed E-state index contributed by atoms with van der Waals surface area (Å²) >= 11 is 0. The van der Waals surface area contributed by atoms with Crippen molar-refractivity contribution in [3.8, 4) is 11.4 Å². The monoisotopic (exact) mass is 274 g/mol. The molecule has 2 aromatic rings. The van der Waals surface area contributed by atoms with Gasteiger partial charge in [-0.3, -0.25) is 10.00 Å². The highest BCUT2D eigenvalue weighted by molar-refractivity contribution is 5.84. The molecule has 0 bridgehead atoms. The standard InChI is InChI=1S/C13H16N5O2/c1-13(2,3)20-12(19)17-10-6-14-11(15-7-10)9-5-16-18(4)8-9/h5-7H,1-4H3,(H,17,19). The Hall–Kier alpha value is -2.44. The minimum atomic E-state index is -0.546. The fourth-order valence-electron chi connectivity index (χ4n) is 1.44. The van der Waals surface area contributed by atoms with Crippen molar-refractivity contribution >= 4 is 11.8 Å². The Bertz CT molecular complexity index is 598. The molecule has 0 saturated heterocycles. The molecule has 2 rings (SSSR count). The number of hydrogen-bond acceptors (Lipinski definition) is 5. The molecule has 0 fully saturated rings. The Morgan fingerprint density at radius 3 is 2.45 bits per heavy atom. The highest BCUT2D eigenvalue weighted by Crippen LogP contribution is 2.14. The molecule has 1 radical (unpaired) electrons. The average Bonchev–Trinajstić information content (AvgIpc) is 2.74. The summed E-state index contributed by atoms with van der Waals surface area (Å²) in [4.78, 5) is 19.9. The lowest BCUT2D eigenvalue weighted by Gasteiger charge is -2.19. The first-order valence-electron chi connectivity index (χ1n) is 6.07. The van der Waals surface area contributed by atoms with Crippen LogP contribution in [0.2, 0.25) is 0 Å². The van der Waals surface area contributed by atoms with E-state index in [1.165, 1.54) is 12.4 Å². The van der Waals surface area contributed by atoms with E-state index in [1.807, 2.05) is 0 Å². The van der Waals surface area contributed by atoms with Crippen LogP contribution in [0.1, 0.15) is 20.8 Å². The molecule has 7 heteroatoms. The molecule has 0 saturated carbocycles. The Morgan fingerprint density at radius 1 is 1.30 bits per heavy atom. The lowest BCUT2D eigenvalue weighted by atomic mass is 10.2. The van der Waals surface area contributed by atoms with Crippen molar-refractivity contribution in [2.24, 2.45) is 7.05 Å². The quantitative estimate of drug-likeness (QED) is 0.906. The van der Waals surface area contributed by atoms with Crippen molar-refractivity contribution in [1.82, 2.24) is 19.7 Å². The molecule has 0 atom stereocenters. The first-order chi connectivity index (χ1) is 9.33. The topological polar surface area (TPSA) is 81.9 Å². The minimum Gasteiger partial charge on any atom is -0.444 e. The second-order valence-electron chi connectivity index (χ2n) is 5.22. The molecule has 0 aliphatic carbocycles. The van der Waals surface area contributed by atoms with Crippen LogP contribution in [0, 0.1) is 6.20 Å². The first kappa shape index (κ1) is 14.0. The maximum absolute atomic E-state index is 11.6. The van der Waals surface area contributed by atoms with E-state index in [1.54, 1.807) is 38.7 Å². The number of rotatable bonds is 2. The molecule has 0 aliphatic rings. The van der Waals surface area contributed by atoms with E-state index in [2.05, 4.69) is 26.6 Å². The molecule has 0 aromatic carbocycles. The summed E-state index contributed by atoms with van der Waals surface area (Å²) < 4.78 is 6.68. The molecule has 2 aromatic heterocycles. The molecule has 2 heterocycles. The third-order valence-electron chi connectivity index (χ3n) is 2.18. The smallest absolute Gasteiger partial charge is 0.412 e. The zero-order chi connectivity index (χ0) is 14.8. The third kappa shape index (κ3) is 3.78. The van der Waals surface area contributed by atoms with Crippen LogP contribution in [-0.4, -0.2) is 31.4 Å². The van der Waals surface area contributed by atoms with Crippen LogP contribution in [-0.2, 0) is 11.8 Å². The van der Waals surface area contributed by atoms with Gasteiger partial charge < -0.3 is 4.74 Å². The largest absolute Gasteiger partial charge is 0.444 e. The Labute approximate surface area is 117 Å². The van der Waals surface area contributed by atoms with Gasteiger partial charge in [0.15, 0.2) is 5.82 Å². The summed E-state index contributed by atoms with van der Waals surface area (Å²) in [6.07, 6.45) is 7.05. The molecule has 0 spiro atoms. The zero-order valence-electron chi connectivity index (χ0n) is 11.8. The second kappa shape index (κ2) is 5.28. The fourth-order valence-corrected chi connectivity index (χ4v) is 1.44. The lowest BCUT2D eigenvalue weighted by Crippen LogP contribution is -2.27. The molecule has 7 nitrogen and oxygen atoms in total. The van der Waals surface area contributed by atoms with E-state index in [9.17, 15) is 4.79 Å². The number of ether oxygens (including phenoxy) is 1. The van der Waals surface area contributed by atoms with Gasteiger partial charge >= 0.3 is 6.09 Å². The fraction of sp³-hybridized carbons (Fsp3) is 0.385. The van der Waals surface area contributed by atoms with E-state index in [-0.39, 0.29) is 0 Å². The lowest BCUT2D eigenvalue weighted by molar-refractivity contribution is 0.0636. The van der Waals surface area contributed by atoms with Crippen LogP contribution in [0.4, 0.5) is 10.5 Å². The highest BCUT2D eigenvalue weighted by atomic mass is 16.6. The van der Waals surface area contributed by atoms with Crippen LogP contribution in [0.15, 0.2) is 18.6 Å². The summed E-state index contributed by atoms with van der Waals surface area (Å²) in [6.45, 7) is 5.39. The van der Waals surface area contributed by atoms with Crippen molar-refractivity contribution < 1.29 is 9.53 Å². The Balaban J connectivity index is 2.03. The van der Waals surface area contributed by atoms with Crippen molar-refractivity contribution in [2.75, 3.05) is 5.32 Å². The Morgan fingerprint density at radius 2 is 1.95 bits per heavy atom. The molecule has 1 N–H and O–H groups in total. The number of aryl methyl sites for hydroxylation is 1. The summed E-state index contributed by atoms with van der Waals surface area (Å²) in [5, 5.41) is 6.56. The van der Waals surface area contributed by atoms with Gasteiger partial charge in [0, 0.05) is 7.05 Å². The van der Waals surface area contributed by atoms with Gasteiger partial charge in [-0.05, 0) is 20.8 Å². The van der Waals surface area contributed by atoms with Gasteiger partial charge in [0.05, 0.1) is 36.0 Å². The SMILES string of the molecule is Cn1[c]c(-c2ncc(NC(=O)OC(C)(C)C)cn2)cn1. The number of nitrogens with one attached hydrogen (secondary N) is 1. The minimum absolute atomic E-state index is 0.465. The number of aromatic nitrogens is 4. The van der Waals surface area contributed by atoms with Gasteiger partial charge in [0.2, 0.25) is 0 Å². The van der Waals surface area contributed by atoms with E-state index >= 15 is 0 Å². The number of anilines is 1. The molecular weight excluding hydrogens is 258 g/mol. The zero-order valence-corrected chi connectivity index (χ0v) is 11.8. The van der Waals surface area contributed by atoms with Crippen LogP contribution >= 0.6 is 0 Å².